The van der Waals surface area contributed by atoms with Crippen molar-refractivity contribution in [3.05, 3.63) is 59.4 Å². The molecule has 102 valence electrons. The van der Waals surface area contributed by atoms with E-state index in [4.69, 9.17) is 0 Å². The number of aromatic nitrogens is 1. The summed E-state index contributed by atoms with van der Waals surface area (Å²) in [5.41, 5.74) is 3.48. The fourth-order valence-electron chi connectivity index (χ4n) is 2.69. The molecular weight excluding hydrogens is 266 g/mol. The summed E-state index contributed by atoms with van der Waals surface area (Å²) in [6, 6.07) is 12.2. The zero-order valence-corrected chi connectivity index (χ0v) is 12.3. The fraction of sp³-hybridized carbons (Fsp3) is 0.294. The van der Waals surface area contributed by atoms with Crippen molar-refractivity contribution >= 4 is 17.5 Å². The van der Waals surface area contributed by atoms with Crippen LogP contribution in [0.4, 0.5) is 0 Å². The zero-order valence-electron chi connectivity index (χ0n) is 11.5. The van der Waals surface area contributed by atoms with Crippen LogP contribution >= 0.6 is 11.8 Å². The van der Waals surface area contributed by atoms with E-state index in [1.165, 1.54) is 16.0 Å². The minimum atomic E-state index is 0.00252. The second kappa shape index (κ2) is 5.80. The third-order valence-electron chi connectivity index (χ3n) is 3.81. The van der Waals surface area contributed by atoms with Gasteiger partial charge in [0, 0.05) is 11.1 Å². The number of pyridine rings is 1. The average molecular weight is 283 g/mol. The number of ketones is 1. The normalized spacial score (nSPS) is 16.9. The molecule has 2 nitrogen and oxygen atoms in total. The Morgan fingerprint density at radius 1 is 1.30 bits per heavy atom. The molecule has 2 aromatic rings. The number of thioether (sulfide) groups is 1. The lowest BCUT2D eigenvalue weighted by atomic mass is 10.0. The summed E-state index contributed by atoms with van der Waals surface area (Å²) < 4.78 is 0. The van der Waals surface area contributed by atoms with E-state index in [1.807, 2.05) is 18.2 Å². The van der Waals surface area contributed by atoms with Crippen LogP contribution in [0.3, 0.4) is 0 Å². The fourth-order valence-corrected chi connectivity index (χ4v) is 3.66. The standard InChI is InChI=1S/C17H17NOS/c1-12-5-2-3-7-16(12)20-11-15(19)14-9-8-13-6-4-10-18-17(13)14/h2-7,10,14H,8-9,11H2,1H3. The van der Waals surface area contributed by atoms with Crippen LogP contribution < -0.4 is 0 Å². The Bertz CT molecular complexity index is 638. The van der Waals surface area contributed by atoms with E-state index < -0.39 is 0 Å². The first kappa shape index (κ1) is 13.4. The van der Waals surface area contributed by atoms with E-state index in [0.29, 0.717) is 11.5 Å². The molecule has 1 aromatic heterocycles. The number of hydrogen-bond donors (Lipinski definition) is 0. The Kier molecular flexibility index (Phi) is 3.88. The van der Waals surface area contributed by atoms with Gasteiger partial charge in [-0.3, -0.25) is 9.78 Å². The molecule has 0 spiro atoms. The second-order valence-corrected chi connectivity index (χ2v) is 6.18. The Morgan fingerprint density at radius 3 is 3.00 bits per heavy atom. The summed E-state index contributed by atoms with van der Waals surface area (Å²) in [6.45, 7) is 2.08. The molecule has 0 radical (unpaired) electrons. The van der Waals surface area contributed by atoms with Gasteiger partial charge in [0.15, 0.2) is 5.78 Å². The van der Waals surface area contributed by atoms with Crippen molar-refractivity contribution < 1.29 is 4.79 Å². The van der Waals surface area contributed by atoms with Crippen molar-refractivity contribution in [2.45, 2.75) is 30.6 Å². The van der Waals surface area contributed by atoms with Crippen molar-refractivity contribution in [1.29, 1.82) is 0 Å². The number of hydrogen-bond acceptors (Lipinski definition) is 3. The number of carbonyl (C=O) groups excluding carboxylic acids is 1. The van der Waals surface area contributed by atoms with Crippen LogP contribution in [-0.4, -0.2) is 16.5 Å². The van der Waals surface area contributed by atoms with Crippen LogP contribution in [0.5, 0.6) is 0 Å². The molecule has 0 aliphatic heterocycles. The number of nitrogens with zero attached hydrogens (tertiary/aromatic N) is 1. The number of Topliss-reactive ketones (excluding diaryl/α,β-unsaturated/α-hetero) is 1. The van der Waals surface area contributed by atoms with Crippen molar-refractivity contribution in [3.8, 4) is 0 Å². The van der Waals surface area contributed by atoms with Gasteiger partial charge in [0.1, 0.15) is 0 Å². The van der Waals surface area contributed by atoms with Gasteiger partial charge in [-0.15, -0.1) is 11.8 Å². The highest BCUT2D eigenvalue weighted by Crippen LogP contribution is 2.33. The first-order chi connectivity index (χ1) is 9.75. The van der Waals surface area contributed by atoms with Crippen LogP contribution in [0.2, 0.25) is 0 Å². The highest BCUT2D eigenvalue weighted by atomic mass is 32.2. The second-order valence-electron chi connectivity index (χ2n) is 5.16. The molecule has 1 unspecified atom stereocenters. The summed E-state index contributed by atoms with van der Waals surface area (Å²) in [5, 5.41) is 0. The molecule has 1 aromatic carbocycles. The molecule has 20 heavy (non-hydrogen) atoms. The van der Waals surface area contributed by atoms with Gasteiger partial charge < -0.3 is 0 Å². The molecule has 0 saturated heterocycles. The van der Waals surface area contributed by atoms with Crippen molar-refractivity contribution in [3.63, 3.8) is 0 Å². The maximum Gasteiger partial charge on any atom is 0.152 e. The lowest BCUT2D eigenvalue weighted by Gasteiger charge is -2.10. The van der Waals surface area contributed by atoms with Gasteiger partial charge in [-0.05, 0) is 43.0 Å². The lowest BCUT2D eigenvalue weighted by molar-refractivity contribution is -0.118. The molecule has 3 heteroatoms. The number of benzene rings is 1. The summed E-state index contributed by atoms with van der Waals surface area (Å²) in [4.78, 5) is 18.0. The lowest BCUT2D eigenvalue weighted by Crippen LogP contribution is -2.13. The molecule has 0 fully saturated rings. The van der Waals surface area contributed by atoms with E-state index >= 15 is 0 Å². The number of aryl methyl sites for hydroxylation is 2. The molecule has 1 atom stereocenters. The first-order valence-corrected chi connectivity index (χ1v) is 7.89. The maximum atomic E-state index is 12.4. The predicted octanol–water partition coefficient (Wildman–Crippen LogP) is 3.78. The Hall–Kier alpha value is -1.61. The Morgan fingerprint density at radius 2 is 2.15 bits per heavy atom. The van der Waals surface area contributed by atoms with Crippen LogP contribution in [0.25, 0.3) is 0 Å². The van der Waals surface area contributed by atoms with Crippen molar-refractivity contribution in [1.82, 2.24) is 4.98 Å². The van der Waals surface area contributed by atoms with Crippen LogP contribution in [-0.2, 0) is 11.2 Å². The monoisotopic (exact) mass is 283 g/mol. The molecule has 0 amide bonds. The van der Waals surface area contributed by atoms with Crippen LogP contribution in [0.15, 0.2) is 47.5 Å². The Labute approximate surface area is 123 Å². The smallest absolute Gasteiger partial charge is 0.152 e. The van der Waals surface area contributed by atoms with Gasteiger partial charge in [-0.1, -0.05) is 24.3 Å². The number of rotatable bonds is 4. The zero-order chi connectivity index (χ0) is 13.9. The van der Waals surface area contributed by atoms with Gasteiger partial charge in [-0.25, -0.2) is 0 Å². The molecule has 0 N–H and O–H groups in total. The molecule has 0 bridgehead atoms. The number of carbonyl (C=O) groups is 1. The third-order valence-corrected chi connectivity index (χ3v) is 5.01. The van der Waals surface area contributed by atoms with Gasteiger partial charge in [0.05, 0.1) is 17.4 Å². The first-order valence-electron chi connectivity index (χ1n) is 6.90. The summed E-state index contributed by atoms with van der Waals surface area (Å²) in [5.74, 6) is 0.837. The van der Waals surface area contributed by atoms with E-state index in [1.54, 1.807) is 18.0 Å². The molecular formula is C17H17NOS. The van der Waals surface area contributed by atoms with E-state index in [9.17, 15) is 4.79 Å². The highest BCUT2D eigenvalue weighted by molar-refractivity contribution is 8.00. The van der Waals surface area contributed by atoms with Crippen molar-refractivity contribution in [2.24, 2.45) is 0 Å². The molecule has 1 aliphatic carbocycles. The topological polar surface area (TPSA) is 30.0 Å². The minimum Gasteiger partial charge on any atom is -0.298 e. The number of fused-ring (bicyclic) bond motifs is 1. The van der Waals surface area contributed by atoms with Crippen LogP contribution in [0, 0.1) is 6.92 Å². The van der Waals surface area contributed by atoms with Gasteiger partial charge in [-0.2, -0.15) is 0 Å². The molecule has 1 aliphatic rings. The van der Waals surface area contributed by atoms with Crippen molar-refractivity contribution in [2.75, 3.05) is 5.75 Å². The summed E-state index contributed by atoms with van der Waals surface area (Å²) in [6.07, 6.45) is 3.69. The Balaban J connectivity index is 1.68. The molecule has 0 saturated carbocycles. The third kappa shape index (κ3) is 2.63. The SMILES string of the molecule is Cc1ccccc1SCC(=O)C1CCc2cccnc21. The minimum absolute atomic E-state index is 0.00252. The predicted molar refractivity (Wildman–Crippen MR) is 82.2 cm³/mol. The molecule has 1 heterocycles. The highest BCUT2D eigenvalue weighted by Gasteiger charge is 2.29. The van der Waals surface area contributed by atoms with E-state index in [0.717, 1.165) is 18.5 Å². The maximum absolute atomic E-state index is 12.4. The summed E-state index contributed by atoms with van der Waals surface area (Å²) in [7, 11) is 0. The van der Waals surface area contributed by atoms with Gasteiger partial charge >= 0.3 is 0 Å². The summed E-state index contributed by atoms with van der Waals surface area (Å²) >= 11 is 1.64. The largest absolute Gasteiger partial charge is 0.298 e. The average Bonchev–Trinajstić information content (AvgIpc) is 2.90. The van der Waals surface area contributed by atoms with E-state index in [-0.39, 0.29) is 5.92 Å². The quantitative estimate of drug-likeness (QED) is 0.800. The van der Waals surface area contributed by atoms with Crippen LogP contribution in [0.1, 0.15) is 29.2 Å². The molecule has 3 rings (SSSR count). The van der Waals surface area contributed by atoms with Gasteiger partial charge in [0.25, 0.3) is 0 Å². The van der Waals surface area contributed by atoms with E-state index in [2.05, 4.69) is 30.1 Å². The van der Waals surface area contributed by atoms with Gasteiger partial charge in [0.2, 0.25) is 0 Å².